The molecule has 0 bridgehead atoms. The Bertz CT molecular complexity index is 573. The molecular formula is C15H23N3O4P2. The second-order valence-electron chi connectivity index (χ2n) is 5.63. The Morgan fingerprint density at radius 3 is 2.54 bits per heavy atom. The molecule has 24 heavy (non-hydrogen) atoms. The molecule has 7 nitrogen and oxygen atoms in total. The minimum absolute atomic E-state index is 0.224. The summed E-state index contributed by atoms with van der Waals surface area (Å²) in [6, 6.07) is 0. The molecule has 0 N–H and O–H groups in total. The monoisotopic (exact) mass is 371 g/mol. The van der Waals surface area contributed by atoms with Gasteiger partial charge in [-0.25, -0.2) is 9.13 Å². The van der Waals surface area contributed by atoms with Gasteiger partial charge >= 0.3 is 17.4 Å². The summed E-state index contributed by atoms with van der Waals surface area (Å²) in [5.41, 5.74) is 3.33. The molecule has 0 saturated carbocycles. The molecule has 9 heteroatoms. The van der Waals surface area contributed by atoms with Crippen molar-refractivity contribution in [3.63, 3.8) is 0 Å². The number of nitrogens with zero attached hydrogens (tertiary/aromatic N) is 3. The van der Waals surface area contributed by atoms with Gasteiger partial charge in [0.1, 0.15) is 0 Å². The molecule has 0 spiro atoms. The van der Waals surface area contributed by atoms with Crippen LogP contribution in [0.25, 0.3) is 0 Å². The summed E-state index contributed by atoms with van der Waals surface area (Å²) in [5.74, 6) is 0. The molecule has 0 aliphatic rings. The minimum atomic E-state index is -0.884. The highest BCUT2D eigenvalue weighted by molar-refractivity contribution is 7.18. The van der Waals surface area contributed by atoms with Gasteiger partial charge in [-0.2, -0.15) is 0 Å². The van der Waals surface area contributed by atoms with Gasteiger partial charge < -0.3 is 0 Å². The van der Waals surface area contributed by atoms with Crippen molar-refractivity contribution in [3.05, 3.63) is 35.2 Å². The van der Waals surface area contributed by atoms with Crippen LogP contribution in [-0.4, -0.2) is 21.3 Å². The number of aromatic nitrogens is 3. The van der Waals surface area contributed by atoms with Gasteiger partial charge in [0.2, 0.25) is 0 Å². The standard InChI is InChI=1S/C15H23N3O4P2/c1-12(2)6-4-7-13(3)8-5-9-18-11-14(16-17-18)10-15(21-23-19)22-24-20/h6,8,11,15H,4-5,7,9-10H2,1-3H3/b13-8+. The van der Waals surface area contributed by atoms with Crippen molar-refractivity contribution in [2.45, 2.75) is 59.3 Å². The smallest absolute Gasteiger partial charge is 0.262 e. The molecule has 132 valence electrons. The lowest BCUT2D eigenvalue weighted by Crippen LogP contribution is -2.12. The third-order valence-electron chi connectivity index (χ3n) is 3.23. The van der Waals surface area contributed by atoms with E-state index in [4.69, 9.17) is 9.05 Å². The number of hydrogen-bond donors (Lipinski definition) is 0. The zero-order valence-electron chi connectivity index (χ0n) is 14.2. The fourth-order valence-electron chi connectivity index (χ4n) is 2.04. The zero-order valence-corrected chi connectivity index (χ0v) is 16.0. The first kappa shape index (κ1) is 20.8. The van der Waals surface area contributed by atoms with Crippen LogP contribution in [0.5, 0.6) is 0 Å². The van der Waals surface area contributed by atoms with Gasteiger partial charge in [0.25, 0.3) is 0 Å². The molecule has 0 unspecified atom stereocenters. The van der Waals surface area contributed by atoms with Crippen LogP contribution in [0.2, 0.25) is 0 Å². The van der Waals surface area contributed by atoms with E-state index in [2.05, 4.69) is 43.2 Å². The highest BCUT2D eigenvalue weighted by Gasteiger charge is 2.14. The molecule has 1 aromatic heterocycles. The van der Waals surface area contributed by atoms with Crippen LogP contribution in [0.3, 0.4) is 0 Å². The van der Waals surface area contributed by atoms with E-state index in [1.807, 2.05) is 0 Å². The Morgan fingerprint density at radius 2 is 1.92 bits per heavy atom. The van der Waals surface area contributed by atoms with Gasteiger partial charge in [0, 0.05) is 19.2 Å². The molecule has 1 heterocycles. The van der Waals surface area contributed by atoms with E-state index in [9.17, 15) is 9.13 Å². The third-order valence-corrected chi connectivity index (χ3v) is 3.87. The van der Waals surface area contributed by atoms with Crippen molar-refractivity contribution in [3.8, 4) is 0 Å². The third kappa shape index (κ3) is 9.14. The fourth-order valence-corrected chi connectivity index (χ4v) is 2.53. The number of rotatable bonds is 12. The summed E-state index contributed by atoms with van der Waals surface area (Å²) >= 11 is 0. The Labute approximate surface area is 145 Å². The van der Waals surface area contributed by atoms with E-state index in [1.165, 1.54) is 11.1 Å². The largest absolute Gasteiger partial charge is 0.329 e. The summed E-state index contributed by atoms with van der Waals surface area (Å²) < 4.78 is 32.1. The SMILES string of the molecule is CC(C)=CCC/C(C)=C/CCn1cc(CC(OP=O)OP=O)nn1. The van der Waals surface area contributed by atoms with Crippen molar-refractivity contribution in [1.29, 1.82) is 0 Å². The zero-order chi connectivity index (χ0) is 17.8. The van der Waals surface area contributed by atoms with E-state index in [1.54, 1.807) is 10.9 Å². The molecule has 0 aromatic carbocycles. The quantitative estimate of drug-likeness (QED) is 0.301. The minimum Gasteiger partial charge on any atom is -0.262 e. The van der Waals surface area contributed by atoms with Crippen LogP contribution in [0.1, 0.15) is 45.7 Å². The lowest BCUT2D eigenvalue weighted by atomic mass is 10.1. The first-order valence-electron chi connectivity index (χ1n) is 7.70. The van der Waals surface area contributed by atoms with Gasteiger partial charge in [-0.3, -0.25) is 13.7 Å². The van der Waals surface area contributed by atoms with E-state index >= 15 is 0 Å². The summed E-state index contributed by atoms with van der Waals surface area (Å²) in [4.78, 5) is 0. The molecule has 0 aliphatic heterocycles. The van der Waals surface area contributed by atoms with Crippen LogP contribution in [0, 0.1) is 0 Å². The van der Waals surface area contributed by atoms with Gasteiger partial charge in [-0.15, -0.1) is 5.10 Å². The highest BCUT2D eigenvalue weighted by atomic mass is 31.1. The first-order chi connectivity index (χ1) is 11.5. The predicted octanol–water partition coefficient (Wildman–Crippen LogP) is 4.68. The molecule has 1 rings (SSSR count). The maximum atomic E-state index is 10.4. The Morgan fingerprint density at radius 1 is 1.21 bits per heavy atom. The average Bonchev–Trinajstić information content (AvgIpc) is 2.95. The normalized spacial score (nSPS) is 13.4. The fraction of sp³-hybridized carbons (Fsp3) is 0.600. The average molecular weight is 371 g/mol. The summed E-state index contributed by atoms with van der Waals surface area (Å²) in [5, 5.41) is 8.03. The van der Waals surface area contributed by atoms with Crippen LogP contribution < -0.4 is 0 Å². The number of aryl methyl sites for hydroxylation is 1. The van der Waals surface area contributed by atoms with Crippen molar-refractivity contribution in [2.24, 2.45) is 0 Å². The van der Waals surface area contributed by atoms with Gasteiger partial charge in [0.15, 0.2) is 6.29 Å². The maximum absolute atomic E-state index is 10.4. The molecular weight excluding hydrogens is 348 g/mol. The predicted molar refractivity (Wildman–Crippen MR) is 91.9 cm³/mol. The van der Waals surface area contributed by atoms with E-state index < -0.39 is 23.7 Å². The molecule has 0 atom stereocenters. The summed E-state index contributed by atoms with van der Waals surface area (Å²) in [6.45, 7) is 7.07. The van der Waals surface area contributed by atoms with E-state index in [0.29, 0.717) is 5.69 Å². The van der Waals surface area contributed by atoms with Crippen molar-refractivity contribution in [2.75, 3.05) is 0 Å². The molecule has 0 radical (unpaired) electrons. The van der Waals surface area contributed by atoms with Crippen molar-refractivity contribution < 1.29 is 18.2 Å². The Hall–Kier alpha value is -1.26. The van der Waals surface area contributed by atoms with Crippen LogP contribution in [-0.2, 0) is 31.1 Å². The Balaban J connectivity index is 2.41. The summed E-state index contributed by atoms with van der Waals surface area (Å²) in [7, 11) is -1.07. The maximum Gasteiger partial charge on any atom is 0.329 e. The van der Waals surface area contributed by atoms with E-state index in [0.717, 1.165) is 25.8 Å². The molecule has 0 fully saturated rings. The second kappa shape index (κ2) is 12.2. The van der Waals surface area contributed by atoms with E-state index in [-0.39, 0.29) is 6.42 Å². The summed E-state index contributed by atoms with van der Waals surface area (Å²) in [6.07, 6.45) is 8.57. The number of hydrogen-bond acceptors (Lipinski definition) is 6. The van der Waals surface area contributed by atoms with Crippen molar-refractivity contribution in [1.82, 2.24) is 15.0 Å². The van der Waals surface area contributed by atoms with Crippen LogP contribution in [0.15, 0.2) is 29.5 Å². The topological polar surface area (TPSA) is 83.3 Å². The second-order valence-corrected chi connectivity index (χ2v) is 6.35. The van der Waals surface area contributed by atoms with Gasteiger partial charge in [-0.05, 0) is 40.0 Å². The van der Waals surface area contributed by atoms with Crippen LogP contribution in [0.4, 0.5) is 0 Å². The molecule has 0 amide bonds. The van der Waals surface area contributed by atoms with Crippen molar-refractivity contribution >= 4 is 17.4 Å². The lowest BCUT2D eigenvalue weighted by Gasteiger charge is -2.06. The highest BCUT2D eigenvalue weighted by Crippen LogP contribution is 2.15. The van der Waals surface area contributed by atoms with Crippen LogP contribution >= 0.6 is 17.4 Å². The van der Waals surface area contributed by atoms with Gasteiger partial charge in [-0.1, -0.05) is 28.5 Å². The molecule has 0 saturated heterocycles. The molecule has 1 aromatic rings. The Kier molecular flexibility index (Phi) is 10.5. The first-order valence-corrected chi connectivity index (χ1v) is 9.16. The van der Waals surface area contributed by atoms with Gasteiger partial charge in [0.05, 0.1) is 5.69 Å². The lowest BCUT2D eigenvalue weighted by molar-refractivity contribution is 0.0277. The molecule has 0 aliphatic carbocycles. The number of allylic oxidation sites excluding steroid dienone is 4.